The molecule has 0 radical (unpaired) electrons. The van der Waals surface area contributed by atoms with Crippen LogP contribution in [0, 0.1) is 22.0 Å². The maximum absolute atomic E-state index is 12.4. The van der Waals surface area contributed by atoms with Crippen LogP contribution in [-0.2, 0) is 4.79 Å². The van der Waals surface area contributed by atoms with Crippen LogP contribution in [0.25, 0.3) is 0 Å². The molecule has 1 fully saturated rings. The Labute approximate surface area is 124 Å². The van der Waals surface area contributed by atoms with E-state index in [0.717, 1.165) is 0 Å². The van der Waals surface area contributed by atoms with Gasteiger partial charge >= 0.3 is 11.7 Å². The SMILES string of the molecule is C[C@@H]1CN(C(=O)c2ccnc(Cl)c2[N+](=O)[O-])C[C@H]1C(=O)O. The molecule has 9 heteroatoms. The first-order chi connectivity index (χ1) is 9.82. The zero-order valence-electron chi connectivity index (χ0n) is 11.0. The lowest BCUT2D eigenvalue weighted by atomic mass is 9.99. The highest BCUT2D eigenvalue weighted by atomic mass is 35.5. The third-order valence-electron chi connectivity index (χ3n) is 3.51. The Balaban J connectivity index is 2.32. The molecular weight excluding hydrogens is 302 g/mol. The minimum Gasteiger partial charge on any atom is -0.481 e. The third kappa shape index (κ3) is 2.80. The molecule has 1 aliphatic rings. The summed E-state index contributed by atoms with van der Waals surface area (Å²) in [7, 11) is 0. The van der Waals surface area contributed by atoms with Gasteiger partial charge in [-0.05, 0) is 12.0 Å². The summed E-state index contributed by atoms with van der Waals surface area (Å²) in [6.07, 6.45) is 1.21. The largest absolute Gasteiger partial charge is 0.481 e. The lowest BCUT2D eigenvalue weighted by molar-refractivity contribution is -0.385. The van der Waals surface area contributed by atoms with Gasteiger partial charge in [-0.3, -0.25) is 19.7 Å². The third-order valence-corrected chi connectivity index (χ3v) is 3.79. The number of rotatable bonds is 3. The van der Waals surface area contributed by atoms with E-state index in [-0.39, 0.29) is 29.7 Å². The van der Waals surface area contributed by atoms with Crippen molar-refractivity contribution in [2.75, 3.05) is 13.1 Å². The molecule has 1 aliphatic heterocycles. The van der Waals surface area contributed by atoms with Gasteiger partial charge in [-0.2, -0.15) is 0 Å². The minimum absolute atomic E-state index is 0.0203. The van der Waals surface area contributed by atoms with E-state index < -0.39 is 28.4 Å². The zero-order valence-corrected chi connectivity index (χ0v) is 11.8. The van der Waals surface area contributed by atoms with Crippen molar-refractivity contribution in [3.05, 3.63) is 33.1 Å². The molecule has 0 saturated carbocycles. The highest BCUT2D eigenvalue weighted by Gasteiger charge is 2.39. The van der Waals surface area contributed by atoms with Gasteiger partial charge in [0.2, 0.25) is 5.15 Å². The Morgan fingerprint density at radius 1 is 1.52 bits per heavy atom. The van der Waals surface area contributed by atoms with Gasteiger partial charge in [0.25, 0.3) is 5.91 Å². The number of pyridine rings is 1. The number of carbonyl (C=O) groups excluding carboxylic acids is 1. The van der Waals surface area contributed by atoms with Gasteiger partial charge in [0.15, 0.2) is 0 Å². The first-order valence-electron chi connectivity index (χ1n) is 6.14. The standard InChI is InChI=1S/C12H12ClN3O5/c1-6-4-15(5-8(6)12(18)19)11(17)7-2-3-14-10(13)9(7)16(20)21/h2-3,6,8H,4-5H2,1H3,(H,18,19)/t6-,8-/m1/s1. The first-order valence-corrected chi connectivity index (χ1v) is 6.51. The van der Waals surface area contributed by atoms with Gasteiger partial charge in [-0.1, -0.05) is 18.5 Å². The monoisotopic (exact) mass is 313 g/mol. The van der Waals surface area contributed by atoms with Crippen molar-refractivity contribution in [1.29, 1.82) is 0 Å². The Morgan fingerprint density at radius 2 is 2.19 bits per heavy atom. The summed E-state index contributed by atoms with van der Waals surface area (Å²) < 4.78 is 0. The fraction of sp³-hybridized carbons (Fsp3) is 0.417. The molecular formula is C12H12ClN3O5. The average molecular weight is 314 g/mol. The fourth-order valence-electron chi connectivity index (χ4n) is 2.40. The van der Waals surface area contributed by atoms with Crippen LogP contribution in [-0.4, -0.2) is 44.9 Å². The van der Waals surface area contributed by atoms with Gasteiger partial charge in [-0.15, -0.1) is 0 Å². The molecule has 2 atom stereocenters. The molecule has 8 nitrogen and oxygen atoms in total. The summed E-state index contributed by atoms with van der Waals surface area (Å²) in [4.78, 5) is 38.6. The van der Waals surface area contributed by atoms with E-state index in [0.29, 0.717) is 0 Å². The smallest absolute Gasteiger partial charge is 0.319 e. The number of hydrogen-bond donors (Lipinski definition) is 1. The molecule has 0 aromatic carbocycles. The molecule has 0 aliphatic carbocycles. The molecule has 2 heterocycles. The number of halogens is 1. The van der Waals surface area contributed by atoms with E-state index in [1.807, 2.05) is 0 Å². The van der Waals surface area contributed by atoms with E-state index in [1.165, 1.54) is 17.2 Å². The van der Waals surface area contributed by atoms with Crippen LogP contribution in [0.1, 0.15) is 17.3 Å². The Kier molecular flexibility index (Phi) is 4.08. The lowest BCUT2D eigenvalue weighted by Gasteiger charge is -2.15. The predicted octanol–water partition coefficient (Wildman–Crippen LogP) is 1.44. The molecule has 2 rings (SSSR count). The van der Waals surface area contributed by atoms with Gasteiger partial charge < -0.3 is 10.0 Å². The van der Waals surface area contributed by atoms with Crippen LogP contribution in [0.5, 0.6) is 0 Å². The normalized spacial score (nSPS) is 21.3. The second kappa shape index (κ2) is 5.65. The number of hydrogen-bond acceptors (Lipinski definition) is 5. The number of carboxylic acids is 1. The number of carbonyl (C=O) groups is 2. The predicted molar refractivity (Wildman–Crippen MR) is 72.1 cm³/mol. The van der Waals surface area contributed by atoms with Gasteiger partial charge in [0.05, 0.1) is 10.8 Å². The summed E-state index contributed by atoms with van der Waals surface area (Å²) in [5, 5.41) is 19.7. The summed E-state index contributed by atoms with van der Waals surface area (Å²) in [5.41, 5.74) is -0.742. The van der Waals surface area contributed by atoms with Crippen molar-refractivity contribution in [2.45, 2.75) is 6.92 Å². The topological polar surface area (TPSA) is 114 Å². The number of likely N-dealkylation sites (tertiary alicyclic amines) is 1. The van der Waals surface area contributed by atoms with Crippen LogP contribution >= 0.6 is 11.6 Å². The number of aliphatic carboxylic acids is 1. The second-order valence-electron chi connectivity index (χ2n) is 4.89. The highest BCUT2D eigenvalue weighted by Crippen LogP contribution is 2.30. The maximum Gasteiger partial charge on any atom is 0.319 e. The van der Waals surface area contributed by atoms with Crippen LogP contribution in [0.3, 0.4) is 0 Å². The van der Waals surface area contributed by atoms with Gasteiger partial charge in [0.1, 0.15) is 5.56 Å². The summed E-state index contributed by atoms with van der Waals surface area (Å²) in [6, 6.07) is 1.21. The molecule has 0 bridgehead atoms. The zero-order chi connectivity index (χ0) is 15.7. The van der Waals surface area contributed by atoms with E-state index in [1.54, 1.807) is 6.92 Å². The van der Waals surface area contributed by atoms with Crippen molar-refractivity contribution >= 4 is 29.2 Å². The molecule has 1 aromatic heterocycles. The van der Waals surface area contributed by atoms with Crippen molar-refractivity contribution in [2.24, 2.45) is 11.8 Å². The molecule has 1 N–H and O–H groups in total. The number of nitrogens with zero attached hydrogens (tertiary/aromatic N) is 3. The number of carboxylic acid groups (broad SMARTS) is 1. The van der Waals surface area contributed by atoms with E-state index in [4.69, 9.17) is 16.7 Å². The summed E-state index contributed by atoms with van der Waals surface area (Å²) in [5.74, 6) is -2.49. The van der Waals surface area contributed by atoms with Gasteiger partial charge in [0, 0.05) is 19.3 Å². The van der Waals surface area contributed by atoms with Crippen LogP contribution in [0.4, 0.5) is 5.69 Å². The van der Waals surface area contributed by atoms with Crippen LogP contribution < -0.4 is 0 Å². The number of amides is 1. The van der Waals surface area contributed by atoms with E-state index in [2.05, 4.69) is 4.98 Å². The minimum atomic E-state index is -0.986. The molecule has 1 amide bonds. The molecule has 21 heavy (non-hydrogen) atoms. The van der Waals surface area contributed by atoms with Crippen molar-refractivity contribution in [3.63, 3.8) is 0 Å². The highest BCUT2D eigenvalue weighted by molar-refractivity contribution is 6.32. The first kappa shape index (κ1) is 15.2. The van der Waals surface area contributed by atoms with Crippen LogP contribution in [0.2, 0.25) is 5.15 Å². The van der Waals surface area contributed by atoms with Crippen LogP contribution in [0.15, 0.2) is 12.3 Å². The van der Waals surface area contributed by atoms with Crippen molar-refractivity contribution in [1.82, 2.24) is 9.88 Å². The average Bonchev–Trinajstić information content (AvgIpc) is 2.79. The maximum atomic E-state index is 12.4. The molecule has 1 aromatic rings. The Bertz CT molecular complexity index is 621. The van der Waals surface area contributed by atoms with E-state index >= 15 is 0 Å². The van der Waals surface area contributed by atoms with E-state index in [9.17, 15) is 19.7 Å². The quantitative estimate of drug-likeness (QED) is 0.513. The van der Waals surface area contributed by atoms with Crippen molar-refractivity contribution in [3.8, 4) is 0 Å². The fourth-order valence-corrected chi connectivity index (χ4v) is 2.63. The second-order valence-corrected chi connectivity index (χ2v) is 5.25. The molecule has 0 unspecified atom stereocenters. The van der Waals surface area contributed by atoms with Gasteiger partial charge in [-0.25, -0.2) is 4.98 Å². The Hall–Kier alpha value is -2.22. The van der Waals surface area contributed by atoms with Crippen molar-refractivity contribution < 1.29 is 19.6 Å². The molecule has 112 valence electrons. The Morgan fingerprint density at radius 3 is 2.71 bits per heavy atom. The summed E-state index contributed by atoms with van der Waals surface area (Å²) in [6.45, 7) is 1.97. The lowest BCUT2D eigenvalue weighted by Crippen LogP contribution is -2.30. The summed E-state index contributed by atoms with van der Waals surface area (Å²) >= 11 is 5.67. The molecule has 1 saturated heterocycles. The number of aromatic nitrogens is 1. The number of nitro groups is 1. The molecule has 0 spiro atoms.